The third-order valence-corrected chi connectivity index (χ3v) is 5.95. The van der Waals surface area contributed by atoms with Crippen LogP contribution in [-0.4, -0.2) is 30.5 Å². The molecule has 0 saturated heterocycles. The van der Waals surface area contributed by atoms with Crippen LogP contribution in [0.4, 0.5) is 5.82 Å². The zero-order chi connectivity index (χ0) is 23.7. The second-order valence-electron chi connectivity index (χ2n) is 8.37. The van der Waals surface area contributed by atoms with Crippen molar-refractivity contribution in [3.63, 3.8) is 0 Å². The molecule has 2 aromatic carbocycles. The van der Waals surface area contributed by atoms with Crippen LogP contribution >= 0.6 is 0 Å². The van der Waals surface area contributed by atoms with E-state index in [-0.39, 0.29) is 5.91 Å². The first-order chi connectivity index (χ1) is 16.5. The van der Waals surface area contributed by atoms with Crippen LogP contribution in [0.5, 0.6) is 0 Å². The molecule has 0 spiro atoms. The number of aryl methyl sites for hydroxylation is 2. The van der Waals surface area contributed by atoms with E-state index < -0.39 is 0 Å². The van der Waals surface area contributed by atoms with Crippen LogP contribution in [0.25, 0.3) is 22.2 Å². The van der Waals surface area contributed by atoms with Crippen LogP contribution in [0.15, 0.2) is 73.1 Å². The van der Waals surface area contributed by atoms with Gasteiger partial charge in [-0.2, -0.15) is 10.2 Å². The van der Waals surface area contributed by atoms with Gasteiger partial charge >= 0.3 is 0 Å². The van der Waals surface area contributed by atoms with Crippen LogP contribution in [0.2, 0.25) is 0 Å². The molecule has 7 heteroatoms. The number of fused-ring (bicyclic) bond motifs is 1. The maximum absolute atomic E-state index is 13.4. The zero-order valence-corrected chi connectivity index (χ0v) is 19.5. The lowest BCUT2D eigenvalue weighted by molar-refractivity contribution is 0.102. The first kappa shape index (κ1) is 21.6. The molecule has 7 nitrogen and oxygen atoms in total. The van der Waals surface area contributed by atoms with Crippen molar-refractivity contribution in [1.82, 2.24) is 24.5 Å². The molecule has 0 unspecified atom stereocenters. The molecule has 0 aliphatic heterocycles. The minimum atomic E-state index is -0.221. The molecule has 3 aromatic heterocycles. The first-order valence-corrected chi connectivity index (χ1v) is 11.3. The topological polar surface area (TPSA) is 77.6 Å². The second-order valence-corrected chi connectivity index (χ2v) is 8.37. The molecule has 5 rings (SSSR count). The first-order valence-electron chi connectivity index (χ1n) is 11.3. The fourth-order valence-electron chi connectivity index (χ4n) is 4.22. The molecular weight excluding hydrogens is 424 g/mol. The number of amides is 1. The van der Waals surface area contributed by atoms with E-state index in [1.807, 2.05) is 71.1 Å². The SMILES string of the molecule is CCn1ncc(-c2cc(C(=O)Nc3ccn(Cc4cccc(C)c4)n3)c3ccccc3n2)c1C. The van der Waals surface area contributed by atoms with Gasteiger partial charge < -0.3 is 5.32 Å². The molecular formula is C27H26N6O. The van der Waals surface area contributed by atoms with E-state index in [1.54, 1.807) is 0 Å². The van der Waals surface area contributed by atoms with Crippen molar-refractivity contribution in [3.8, 4) is 11.3 Å². The molecule has 0 aliphatic rings. The van der Waals surface area contributed by atoms with Crippen molar-refractivity contribution in [3.05, 3.63) is 95.4 Å². The summed E-state index contributed by atoms with van der Waals surface area (Å²) in [5.74, 6) is 0.288. The monoisotopic (exact) mass is 450 g/mol. The number of para-hydroxylation sites is 1. The number of nitrogens with zero attached hydrogens (tertiary/aromatic N) is 5. The van der Waals surface area contributed by atoms with Crippen LogP contribution < -0.4 is 5.32 Å². The van der Waals surface area contributed by atoms with Gasteiger partial charge in [0, 0.05) is 35.5 Å². The quantitative estimate of drug-likeness (QED) is 0.384. The van der Waals surface area contributed by atoms with Crippen molar-refractivity contribution in [2.24, 2.45) is 0 Å². The predicted molar refractivity (Wildman–Crippen MR) is 134 cm³/mol. The smallest absolute Gasteiger partial charge is 0.257 e. The summed E-state index contributed by atoms with van der Waals surface area (Å²) in [6.45, 7) is 7.55. The van der Waals surface area contributed by atoms with Crippen molar-refractivity contribution < 1.29 is 4.79 Å². The number of aromatic nitrogens is 5. The van der Waals surface area contributed by atoms with Gasteiger partial charge in [-0.1, -0.05) is 48.0 Å². The van der Waals surface area contributed by atoms with Gasteiger partial charge in [0.15, 0.2) is 5.82 Å². The molecule has 34 heavy (non-hydrogen) atoms. The van der Waals surface area contributed by atoms with E-state index in [9.17, 15) is 4.79 Å². The van der Waals surface area contributed by atoms with E-state index >= 15 is 0 Å². The lowest BCUT2D eigenvalue weighted by atomic mass is 10.0. The van der Waals surface area contributed by atoms with Gasteiger partial charge in [0.25, 0.3) is 5.91 Å². The third-order valence-electron chi connectivity index (χ3n) is 5.95. The summed E-state index contributed by atoms with van der Waals surface area (Å²) >= 11 is 0. The van der Waals surface area contributed by atoms with Crippen LogP contribution in [0.1, 0.15) is 34.1 Å². The zero-order valence-electron chi connectivity index (χ0n) is 19.5. The Hall–Kier alpha value is -4.26. The largest absolute Gasteiger partial charge is 0.305 e. The van der Waals surface area contributed by atoms with E-state index in [0.29, 0.717) is 17.9 Å². The van der Waals surface area contributed by atoms with Gasteiger partial charge in [0.2, 0.25) is 0 Å². The summed E-state index contributed by atoms with van der Waals surface area (Å²) in [7, 11) is 0. The number of hydrogen-bond donors (Lipinski definition) is 1. The number of nitrogens with one attached hydrogen (secondary N) is 1. The Morgan fingerprint density at radius 3 is 2.68 bits per heavy atom. The molecule has 1 amide bonds. The van der Waals surface area contributed by atoms with Gasteiger partial charge in [-0.25, -0.2) is 4.98 Å². The average Bonchev–Trinajstić information content (AvgIpc) is 3.43. The highest BCUT2D eigenvalue weighted by Crippen LogP contribution is 2.27. The van der Waals surface area contributed by atoms with Gasteiger partial charge in [0.1, 0.15) is 0 Å². The van der Waals surface area contributed by atoms with Gasteiger partial charge in [-0.15, -0.1) is 0 Å². The van der Waals surface area contributed by atoms with Crippen molar-refractivity contribution >= 4 is 22.6 Å². The Morgan fingerprint density at radius 1 is 1.03 bits per heavy atom. The van der Waals surface area contributed by atoms with E-state index in [2.05, 4.69) is 47.6 Å². The highest BCUT2D eigenvalue weighted by molar-refractivity contribution is 6.12. The summed E-state index contributed by atoms with van der Waals surface area (Å²) in [4.78, 5) is 18.2. The highest BCUT2D eigenvalue weighted by atomic mass is 16.1. The number of anilines is 1. The van der Waals surface area contributed by atoms with Crippen molar-refractivity contribution in [1.29, 1.82) is 0 Å². The molecule has 0 fully saturated rings. The molecule has 0 bridgehead atoms. The molecule has 1 N–H and O–H groups in total. The number of rotatable bonds is 6. The number of benzene rings is 2. The van der Waals surface area contributed by atoms with E-state index in [0.717, 1.165) is 40.0 Å². The van der Waals surface area contributed by atoms with Crippen molar-refractivity contribution in [2.75, 3.05) is 5.32 Å². The molecule has 0 atom stereocenters. The fraction of sp³-hybridized carbons (Fsp3) is 0.185. The van der Waals surface area contributed by atoms with Crippen LogP contribution in [0, 0.1) is 13.8 Å². The van der Waals surface area contributed by atoms with Crippen LogP contribution in [0.3, 0.4) is 0 Å². The van der Waals surface area contributed by atoms with Crippen molar-refractivity contribution in [2.45, 2.75) is 33.9 Å². The Bertz CT molecular complexity index is 1500. The Morgan fingerprint density at radius 2 is 1.88 bits per heavy atom. The predicted octanol–water partition coefficient (Wildman–Crippen LogP) is 5.23. The van der Waals surface area contributed by atoms with Gasteiger partial charge in [0.05, 0.1) is 29.5 Å². The molecule has 0 saturated carbocycles. The normalized spacial score (nSPS) is 11.1. The van der Waals surface area contributed by atoms with Crippen LogP contribution in [-0.2, 0) is 13.1 Å². The van der Waals surface area contributed by atoms with E-state index in [1.165, 1.54) is 5.56 Å². The molecule has 170 valence electrons. The van der Waals surface area contributed by atoms with E-state index in [4.69, 9.17) is 4.98 Å². The lowest BCUT2D eigenvalue weighted by Gasteiger charge is -2.10. The minimum Gasteiger partial charge on any atom is -0.305 e. The number of hydrogen-bond acceptors (Lipinski definition) is 4. The number of carbonyl (C=O) groups is 1. The standard InChI is InChI=1S/C27H26N6O/c1-4-33-19(3)23(16-28-33)25-15-22(21-10-5-6-11-24(21)29-25)27(34)30-26-12-13-32(31-26)17-20-9-7-8-18(2)14-20/h5-16H,4,17H2,1-3H3,(H,30,31,34). The third kappa shape index (κ3) is 4.20. The summed E-state index contributed by atoms with van der Waals surface area (Å²) in [6, 6.07) is 19.6. The average molecular weight is 451 g/mol. The maximum atomic E-state index is 13.4. The summed E-state index contributed by atoms with van der Waals surface area (Å²) < 4.78 is 3.75. The molecule has 5 aromatic rings. The summed E-state index contributed by atoms with van der Waals surface area (Å²) in [5, 5.41) is 12.7. The number of carbonyl (C=O) groups excluding carboxylic acids is 1. The Balaban J connectivity index is 1.45. The molecule has 3 heterocycles. The Kier molecular flexibility index (Phi) is 5.67. The lowest BCUT2D eigenvalue weighted by Crippen LogP contribution is -2.14. The Labute approximate surface area is 198 Å². The fourth-order valence-corrected chi connectivity index (χ4v) is 4.22. The number of pyridine rings is 1. The molecule has 0 radical (unpaired) electrons. The second kappa shape index (κ2) is 8.94. The summed E-state index contributed by atoms with van der Waals surface area (Å²) in [6.07, 6.45) is 3.68. The maximum Gasteiger partial charge on any atom is 0.257 e. The van der Waals surface area contributed by atoms with Gasteiger partial charge in [-0.05, 0) is 38.5 Å². The minimum absolute atomic E-state index is 0.221. The highest BCUT2D eigenvalue weighted by Gasteiger charge is 2.17. The molecule has 0 aliphatic carbocycles. The summed E-state index contributed by atoms with van der Waals surface area (Å²) in [5.41, 5.74) is 6.35. The van der Waals surface area contributed by atoms with Gasteiger partial charge in [-0.3, -0.25) is 14.2 Å².